The Bertz CT molecular complexity index is 1270. The summed E-state index contributed by atoms with van der Waals surface area (Å²) in [5.74, 6) is -0.732. The van der Waals surface area contributed by atoms with Crippen LogP contribution >= 0.6 is 0 Å². The summed E-state index contributed by atoms with van der Waals surface area (Å²) in [6, 6.07) is 8.37. The van der Waals surface area contributed by atoms with E-state index in [9.17, 15) is 18.0 Å². The number of rotatable bonds is 10. The molecule has 0 N–H and O–H groups in total. The number of esters is 1. The highest BCUT2D eigenvalue weighted by Gasteiger charge is 2.24. The summed E-state index contributed by atoms with van der Waals surface area (Å²) in [6.07, 6.45) is 7.64. The average molecular weight is 486 g/mol. The Kier molecular flexibility index (Phi) is 8.09. The molecule has 0 bridgehead atoms. The molecule has 0 radical (unpaired) electrons. The van der Waals surface area contributed by atoms with E-state index in [1.54, 1.807) is 12.1 Å². The SMILES string of the molecule is CCCCCCc1cc(CC(=O)OC)n(C(C)=O)c1-c1cnn(S(=O)(=O)c2ccc(C)cc2)c1. The van der Waals surface area contributed by atoms with Gasteiger partial charge in [-0.05, 0) is 43.5 Å². The number of carbonyl (C=O) groups is 2. The smallest absolute Gasteiger partial charge is 0.311 e. The summed E-state index contributed by atoms with van der Waals surface area (Å²) in [7, 11) is -2.59. The van der Waals surface area contributed by atoms with Gasteiger partial charge in [-0.25, -0.2) is 0 Å². The maximum atomic E-state index is 13.1. The van der Waals surface area contributed by atoms with E-state index < -0.39 is 16.0 Å². The lowest BCUT2D eigenvalue weighted by atomic mass is 10.0. The number of nitrogens with zero attached hydrogens (tertiary/aromatic N) is 3. The van der Waals surface area contributed by atoms with E-state index in [2.05, 4.69) is 12.0 Å². The van der Waals surface area contributed by atoms with E-state index in [4.69, 9.17) is 4.74 Å². The Morgan fingerprint density at radius 2 is 1.79 bits per heavy atom. The molecule has 0 aliphatic rings. The first kappa shape index (κ1) is 25.4. The highest BCUT2D eigenvalue weighted by Crippen LogP contribution is 2.30. The molecule has 0 atom stereocenters. The summed E-state index contributed by atoms with van der Waals surface area (Å²) in [6.45, 7) is 5.43. The molecular weight excluding hydrogens is 454 g/mol. The van der Waals surface area contributed by atoms with E-state index in [-0.39, 0.29) is 17.2 Å². The second kappa shape index (κ2) is 10.8. The minimum atomic E-state index is -3.89. The molecule has 1 aromatic carbocycles. The Hall–Kier alpha value is -3.20. The number of benzene rings is 1. The third-order valence-electron chi connectivity index (χ3n) is 5.72. The summed E-state index contributed by atoms with van der Waals surface area (Å²) in [5, 5.41) is 4.11. The van der Waals surface area contributed by atoms with Gasteiger partial charge in [0.2, 0.25) is 5.91 Å². The molecule has 0 spiro atoms. The van der Waals surface area contributed by atoms with Crippen molar-refractivity contribution >= 4 is 21.9 Å². The Labute approximate surface area is 200 Å². The van der Waals surface area contributed by atoms with Crippen molar-refractivity contribution in [1.82, 2.24) is 13.8 Å². The molecule has 0 fully saturated rings. The van der Waals surface area contributed by atoms with Crippen molar-refractivity contribution < 1.29 is 22.7 Å². The van der Waals surface area contributed by atoms with Crippen molar-refractivity contribution in [3.05, 3.63) is 59.5 Å². The maximum Gasteiger partial charge on any atom is 0.311 e. The summed E-state index contributed by atoms with van der Waals surface area (Å²) in [4.78, 5) is 24.8. The molecule has 0 aliphatic heterocycles. The largest absolute Gasteiger partial charge is 0.469 e. The van der Waals surface area contributed by atoms with Gasteiger partial charge in [0.1, 0.15) is 0 Å². The minimum Gasteiger partial charge on any atom is -0.469 e. The molecule has 0 aliphatic carbocycles. The van der Waals surface area contributed by atoms with Crippen molar-refractivity contribution in [2.75, 3.05) is 7.11 Å². The standard InChI is InChI=1S/C25H31N3O5S/c1-5-6-7-8-9-20-14-22(15-24(30)33-4)28(19(3)29)25(20)21-16-26-27(17-21)34(31,32)23-12-10-18(2)11-13-23/h10-14,16-17H,5-9,15H2,1-4H3. The van der Waals surface area contributed by atoms with Crippen LogP contribution in [-0.2, 0) is 32.4 Å². The molecule has 34 heavy (non-hydrogen) atoms. The second-order valence-electron chi connectivity index (χ2n) is 8.35. The zero-order chi connectivity index (χ0) is 24.9. The van der Waals surface area contributed by atoms with Crippen LogP contribution in [0.3, 0.4) is 0 Å². The van der Waals surface area contributed by atoms with Crippen LogP contribution in [0.1, 0.15) is 61.1 Å². The monoisotopic (exact) mass is 485 g/mol. The number of hydrogen-bond acceptors (Lipinski definition) is 6. The Morgan fingerprint density at radius 3 is 2.41 bits per heavy atom. The van der Waals surface area contributed by atoms with Crippen LogP contribution in [0.25, 0.3) is 11.3 Å². The number of ether oxygens (including phenoxy) is 1. The first-order valence-electron chi connectivity index (χ1n) is 11.4. The number of carbonyl (C=O) groups excluding carboxylic acids is 2. The van der Waals surface area contributed by atoms with Crippen LogP contribution < -0.4 is 0 Å². The summed E-state index contributed by atoms with van der Waals surface area (Å²) < 4.78 is 33.4. The molecule has 3 rings (SSSR count). The summed E-state index contributed by atoms with van der Waals surface area (Å²) >= 11 is 0. The third kappa shape index (κ3) is 5.47. The number of aromatic nitrogens is 3. The fourth-order valence-electron chi connectivity index (χ4n) is 3.96. The lowest BCUT2D eigenvalue weighted by Gasteiger charge is -2.10. The summed E-state index contributed by atoms with van der Waals surface area (Å²) in [5.41, 5.74) is 3.39. The Morgan fingerprint density at radius 1 is 1.09 bits per heavy atom. The van der Waals surface area contributed by atoms with E-state index in [0.717, 1.165) is 40.9 Å². The topological polar surface area (TPSA) is 100 Å². The van der Waals surface area contributed by atoms with Crippen molar-refractivity contribution in [2.24, 2.45) is 0 Å². The fourth-order valence-corrected chi connectivity index (χ4v) is 5.07. The zero-order valence-corrected chi connectivity index (χ0v) is 20.9. The zero-order valence-electron chi connectivity index (χ0n) is 20.1. The molecule has 0 saturated heterocycles. The van der Waals surface area contributed by atoms with Crippen LogP contribution in [0.15, 0.2) is 47.6 Å². The second-order valence-corrected chi connectivity index (χ2v) is 10.1. The van der Waals surface area contributed by atoms with E-state index in [1.165, 1.54) is 43.1 Å². The molecule has 9 heteroatoms. The molecule has 2 aromatic heterocycles. The fraction of sp³-hybridized carbons (Fsp3) is 0.400. The third-order valence-corrected chi connectivity index (χ3v) is 7.28. The van der Waals surface area contributed by atoms with E-state index >= 15 is 0 Å². The van der Waals surface area contributed by atoms with Gasteiger partial charge in [-0.2, -0.15) is 17.6 Å². The van der Waals surface area contributed by atoms with Gasteiger partial charge in [0, 0.05) is 18.2 Å². The van der Waals surface area contributed by atoms with Crippen molar-refractivity contribution in [3.8, 4) is 11.3 Å². The van der Waals surface area contributed by atoms with Gasteiger partial charge in [-0.15, -0.1) is 0 Å². The van der Waals surface area contributed by atoms with Gasteiger partial charge in [0.05, 0.1) is 36.5 Å². The first-order chi connectivity index (χ1) is 16.2. The van der Waals surface area contributed by atoms with E-state index in [1.807, 2.05) is 13.0 Å². The minimum absolute atomic E-state index is 0.0617. The molecule has 2 heterocycles. The molecule has 0 saturated carbocycles. The normalized spacial score (nSPS) is 11.5. The van der Waals surface area contributed by atoms with Crippen LogP contribution in [0.5, 0.6) is 0 Å². The lowest BCUT2D eigenvalue weighted by Crippen LogP contribution is -2.15. The van der Waals surface area contributed by atoms with Gasteiger partial charge in [-0.1, -0.05) is 43.9 Å². The molecule has 8 nitrogen and oxygen atoms in total. The van der Waals surface area contributed by atoms with Gasteiger partial charge in [0.15, 0.2) is 0 Å². The highest BCUT2D eigenvalue weighted by molar-refractivity contribution is 7.89. The molecule has 3 aromatic rings. The molecule has 0 unspecified atom stereocenters. The quantitative estimate of drug-likeness (QED) is 0.312. The van der Waals surface area contributed by atoms with Crippen molar-refractivity contribution in [3.63, 3.8) is 0 Å². The highest BCUT2D eigenvalue weighted by atomic mass is 32.2. The predicted octanol–water partition coefficient (Wildman–Crippen LogP) is 4.40. The lowest BCUT2D eigenvalue weighted by molar-refractivity contribution is -0.139. The van der Waals surface area contributed by atoms with Crippen LogP contribution in [0.4, 0.5) is 0 Å². The molecule has 182 valence electrons. The maximum absolute atomic E-state index is 13.1. The average Bonchev–Trinajstić information content (AvgIpc) is 3.42. The number of methoxy groups -OCH3 is 1. The van der Waals surface area contributed by atoms with Gasteiger partial charge < -0.3 is 4.74 Å². The molecular formula is C25H31N3O5S. The van der Waals surface area contributed by atoms with Crippen LogP contribution in [-0.4, -0.2) is 41.2 Å². The molecule has 0 amide bonds. The van der Waals surface area contributed by atoms with Gasteiger partial charge in [0.25, 0.3) is 10.0 Å². The van der Waals surface area contributed by atoms with Crippen molar-refractivity contribution in [2.45, 2.75) is 64.2 Å². The van der Waals surface area contributed by atoms with Gasteiger partial charge >= 0.3 is 5.97 Å². The Balaban J connectivity index is 2.08. The first-order valence-corrected chi connectivity index (χ1v) is 12.8. The van der Waals surface area contributed by atoms with Gasteiger partial charge in [-0.3, -0.25) is 14.2 Å². The number of hydrogen-bond donors (Lipinski definition) is 0. The van der Waals surface area contributed by atoms with Crippen LogP contribution in [0, 0.1) is 6.92 Å². The number of unbranched alkanes of at least 4 members (excludes halogenated alkanes) is 3. The van der Waals surface area contributed by atoms with E-state index in [0.29, 0.717) is 23.4 Å². The van der Waals surface area contributed by atoms with Crippen LogP contribution in [0.2, 0.25) is 0 Å². The van der Waals surface area contributed by atoms with Crippen molar-refractivity contribution in [1.29, 1.82) is 0 Å². The predicted molar refractivity (Wildman–Crippen MR) is 129 cm³/mol. The number of aryl methyl sites for hydroxylation is 2.